The molecule has 27 heavy (non-hydrogen) atoms. The van der Waals surface area contributed by atoms with Gasteiger partial charge in [-0.25, -0.2) is 14.2 Å². The molecule has 4 rings (SSSR count). The van der Waals surface area contributed by atoms with Crippen molar-refractivity contribution >= 4 is 11.7 Å². The summed E-state index contributed by atoms with van der Waals surface area (Å²) in [4.78, 5) is 25.8. The molecular formula is C22H17N3O2. The van der Waals surface area contributed by atoms with Crippen LogP contribution in [0, 0.1) is 0 Å². The molecule has 5 heteroatoms. The third kappa shape index (κ3) is 3.30. The molecular weight excluding hydrogens is 338 g/mol. The van der Waals surface area contributed by atoms with E-state index in [-0.39, 0.29) is 0 Å². The van der Waals surface area contributed by atoms with E-state index < -0.39 is 11.7 Å². The Morgan fingerprint density at radius 2 is 1.30 bits per heavy atom. The summed E-state index contributed by atoms with van der Waals surface area (Å²) in [5.74, 6) is 0. The molecule has 5 nitrogen and oxygen atoms in total. The molecule has 1 heterocycles. The van der Waals surface area contributed by atoms with E-state index in [1.807, 2.05) is 78.9 Å². The van der Waals surface area contributed by atoms with Gasteiger partial charge in [-0.05, 0) is 24.3 Å². The van der Waals surface area contributed by atoms with E-state index in [2.05, 4.69) is 5.32 Å². The van der Waals surface area contributed by atoms with Crippen LogP contribution < -0.4 is 11.0 Å². The summed E-state index contributed by atoms with van der Waals surface area (Å²) in [5.41, 5.74) is 2.41. The Labute approximate surface area is 156 Å². The quantitative estimate of drug-likeness (QED) is 0.593. The Morgan fingerprint density at radius 3 is 1.93 bits per heavy atom. The van der Waals surface area contributed by atoms with Gasteiger partial charge in [0.25, 0.3) is 0 Å². The lowest BCUT2D eigenvalue weighted by molar-refractivity contribution is 0.252. The number of anilines is 1. The first-order valence-electron chi connectivity index (χ1n) is 8.56. The van der Waals surface area contributed by atoms with Gasteiger partial charge in [-0.15, -0.1) is 0 Å². The Hall–Kier alpha value is -3.86. The Kier molecular flexibility index (Phi) is 4.41. The normalized spacial score (nSPS) is 10.5. The van der Waals surface area contributed by atoms with Crippen molar-refractivity contribution in [2.45, 2.75) is 0 Å². The number of benzene rings is 3. The first-order chi connectivity index (χ1) is 13.2. The number of carbonyl (C=O) groups excluding carboxylic acids is 1. The van der Waals surface area contributed by atoms with Gasteiger partial charge in [-0.3, -0.25) is 4.57 Å². The maximum absolute atomic E-state index is 13.1. The maximum atomic E-state index is 13.1. The molecule has 0 aliphatic carbocycles. The lowest BCUT2D eigenvalue weighted by atomic mass is 10.1. The smallest absolute Gasteiger partial charge is 0.307 e. The Balaban J connectivity index is 1.83. The highest BCUT2D eigenvalue weighted by atomic mass is 16.2. The largest absolute Gasteiger partial charge is 0.341 e. The zero-order valence-electron chi connectivity index (χ0n) is 14.4. The van der Waals surface area contributed by atoms with Gasteiger partial charge in [0.1, 0.15) is 0 Å². The molecule has 0 radical (unpaired) electrons. The van der Waals surface area contributed by atoms with Gasteiger partial charge < -0.3 is 5.32 Å². The van der Waals surface area contributed by atoms with Crippen LogP contribution in [0.4, 0.5) is 10.5 Å². The van der Waals surface area contributed by atoms with Crippen molar-refractivity contribution in [3.8, 4) is 16.9 Å². The predicted molar refractivity (Wildman–Crippen MR) is 106 cm³/mol. The first-order valence-corrected chi connectivity index (χ1v) is 8.56. The van der Waals surface area contributed by atoms with Crippen molar-refractivity contribution in [3.63, 3.8) is 0 Å². The molecule has 0 unspecified atom stereocenters. The van der Waals surface area contributed by atoms with Crippen LogP contribution in [0.15, 0.2) is 102 Å². The average Bonchev–Trinajstić information content (AvgIpc) is 3.07. The fourth-order valence-corrected chi connectivity index (χ4v) is 2.94. The molecule has 0 atom stereocenters. The van der Waals surface area contributed by atoms with E-state index in [9.17, 15) is 9.59 Å². The number of hydrogen-bond acceptors (Lipinski definition) is 2. The van der Waals surface area contributed by atoms with Crippen molar-refractivity contribution in [3.05, 3.63) is 108 Å². The summed E-state index contributed by atoms with van der Waals surface area (Å²) in [6.07, 6.45) is 1.57. The minimum Gasteiger partial charge on any atom is -0.307 e. The zero-order valence-corrected chi connectivity index (χ0v) is 14.4. The van der Waals surface area contributed by atoms with Crippen molar-refractivity contribution in [1.29, 1.82) is 0 Å². The number of amides is 1. The van der Waals surface area contributed by atoms with E-state index in [0.29, 0.717) is 17.1 Å². The highest BCUT2D eigenvalue weighted by Gasteiger charge is 2.18. The molecule has 0 spiro atoms. The average molecular weight is 355 g/mol. The van der Waals surface area contributed by atoms with E-state index in [0.717, 1.165) is 10.1 Å². The summed E-state index contributed by atoms with van der Waals surface area (Å²) < 4.78 is 2.64. The van der Waals surface area contributed by atoms with Gasteiger partial charge in [0, 0.05) is 17.4 Å². The van der Waals surface area contributed by atoms with Gasteiger partial charge in [-0.1, -0.05) is 66.7 Å². The molecule has 0 saturated carbocycles. The maximum Gasteiger partial charge on any atom is 0.341 e. The molecule has 0 saturated heterocycles. The van der Waals surface area contributed by atoms with E-state index in [1.54, 1.807) is 22.9 Å². The van der Waals surface area contributed by atoms with Crippen molar-refractivity contribution in [1.82, 2.24) is 9.13 Å². The second-order valence-electron chi connectivity index (χ2n) is 6.00. The van der Waals surface area contributed by atoms with Gasteiger partial charge in [0.2, 0.25) is 0 Å². The van der Waals surface area contributed by atoms with Crippen LogP contribution in [0.3, 0.4) is 0 Å². The van der Waals surface area contributed by atoms with E-state index in [4.69, 9.17) is 0 Å². The fourth-order valence-electron chi connectivity index (χ4n) is 2.94. The lowest BCUT2D eigenvalue weighted by Crippen LogP contribution is -2.31. The predicted octanol–water partition coefficient (Wildman–Crippen LogP) is 4.39. The number of rotatable bonds is 3. The molecule has 1 aromatic heterocycles. The number of hydrogen-bond donors (Lipinski definition) is 1. The van der Waals surface area contributed by atoms with Crippen LogP contribution >= 0.6 is 0 Å². The number of aromatic nitrogens is 2. The molecule has 1 amide bonds. The second-order valence-corrected chi connectivity index (χ2v) is 6.00. The van der Waals surface area contributed by atoms with E-state index in [1.165, 1.54) is 0 Å². The SMILES string of the molecule is O=C(Nc1ccccc1)n1cc(-c2ccccc2)n(-c2ccccc2)c1=O. The van der Waals surface area contributed by atoms with Crippen molar-refractivity contribution in [2.75, 3.05) is 5.32 Å². The molecule has 0 aliphatic heterocycles. The number of nitrogens with one attached hydrogen (secondary N) is 1. The van der Waals surface area contributed by atoms with Crippen LogP contribution in [-0.2, 0) is 0 Å². The van der Waals surface area contributed by atoms with Gasteiger partial charge in [-0.2, -0.15) is 0 Å². The third-order valence-electron chi connectivity index (χ3n) is 4.22. The fraction of sp³-hybridized carbons (Fsp3) is 0. The van der Waals surface area contributed by atoms with Crippen molar-refractivity contribution < 1.29 is 4.79 Å². The second kappa shape index (κ2) is 7.17. The standard InChI is InChI=1S/C22H17N3O2/c26-21(23-18-12-6-2-7-13-18)24-16-20(17-10-4-1-5-11-17)25(22(24)27)19-14-8-3-9-15-19/h1-16H,(H,23,26). The van der Waals surface area contributed by atoms with Crippen LogP contribution in [-0.4, -0.2) is 15.2 Å². The van der Waals surface area contributed by atoms with Crippen molar-refractivity contribution in [2.24, 2.45) is 0 Å². The highest BCUT2D eigenvalue weighted by Crippen LogP contribution is 2.21. The number of imidazole rings is 1. The Morgan fingerprint density at radius 1 is 0.741 bits per heavy atom. The minimum atomic E-state index is -0.502. The zero-order chi connectivity index (χ0) is 18.6. The third-order valence-corrected chi connectivity index (χ3v) is 4.22. The lowest BCUT2D eigenvalue weighted by Gasteiger charge is -2.07. The monoisotopic (exact) mass is 355 g/mol. The minimum absolute atomic E-state index is 0.423. The highest BCUT2D eigenvalue weighted by molar-refractivity contribution is 5.91. The summed E-state index contributed by atoms with van der Waals surface area (Å²) >= 11 is 0. The summed E-state index contributed by atoms with van der Waals surface area (Å²) in [6, 6.07) is 27.4. The molecule has 0 bridgehead atoms. The molecule has 0 aliphatic rings. The van der Waals surface area contributed by atoms with Crippen LogP contribution in [0.1, 0.15) is 0 Å². The molecule has 1 N–H and O–H groups in total. The molecule has 0 fully saturated rings. The molecule has 4 aromatic rings. The summed E-state index contributed by atoms with van der Waals surface area (Å²) in [7, 11) is 0. The van der Waals surface area contributed by atoms with Gasteiger partial charge >= 0.3 is 11.7 Å². The van der Waals surface area contributed by atoms with Gasteiger partial charge in [0.15, 0.2) is 0 Å². The topological polar surface area (TPSA) is 56.0 Å². The summed E-state index contributed by atoms with van der Waals surface area (Å²) in [6.45, 7) is 0. The van der Waals surface area contributed by atoms with Gasteiger partial charge in [0.05, 0.1) is 11.4 Å². The van der Waals surface area contributed by atoms with E-state index >= 15 is 0 Å². The van der Waals surface area contributed by atoms with Crippen LogP contribution in [0.2, 0.25) is 0 Å². The first kappa shape index (κ1) is 16.6. The number of para-hydroxylation sites is 2. The summed E-state index contributed by atoms with van der Waals surface area (Å²) in [5, 5.41) is 2.75. The Bertz CT molecular complexity index is 1110. The number of carbonyl (C=O) groups is 1. The molecule has 3 aromatic carbocycles. The van der Waals surface area contributed by atoms with Crippen LogP contribution in [0.5, 0.6) is 0 Å². The van der Waals surface area contributed by atoms with Crippen LogP contribution in [0.25, 0.3) is 16.9 Å². The molecule has 132 valence electrons. The number of nitrogens with zero attached hydrogens (tertiary/aromatic N) is 2.